The second-order valence-electron chi connectivity index (χ2n) is 10.5. The number of rotatable bonds is 5. The van der Waals surface area contributed by atoms with Crippen LogP contribution in [0.4, 0.5) is 26.3 Å². The van der Waals surface area contributed by atoms with E-state index in [0.29, 0.717) is 12.1 Å². The van der Waals surface area contributed by atoms with Crippen molar-refractivity contribution < 1.29 is 75.6 Å². The number of carbonyl (C=O) groups is 2. The Morgan fingerprint density at radius 1 is 1.05 bits per heavy atom. The van der Waals surface area contributed by atoms with Crippen LogP contribution in [0.1, 0.15) is 43.4 Å². The first-order valence-electron chi connectivity index (χ1n) is 12.2. The number of hydrogen-bond donors (Lipinski definition) is 4. The number of ether oxygens (including phenoxy) is 2. The van der Waals surface area contributed by atoms with Gasteiger partial charge >= 0.3 is 18.3 Å². The molecule has 0 spiro atoms. The first kappa shape index (κ1) is 31.3. The highest BCUT2D eigenvalue weighted by atomic mass is 19.4. The molecule has 2 heterocycles. The molecule has 2 aliphatic heterocycles. The van der Waals surface area contributed by atoms with Crippen molar-refractivity contribution in [2.24, 2.45) is 5.92 Å². The van der Waals surface area contributed by atoms with E-state index in [1.165, 1.54) is 13.8 Å². The summed E-state index contributed by atoms with van der Waals surface area (Å²) in [4.78, 5) is 35.4. The van der Waals surface area contributed by atoms with E-state index in [0.717, 1.165) is 12.2 Å². The van der Waals surface area contributed by atoms with Gasteiger partial charge in [0, 0.05) is 12.3 Å². The third-order valence-corrected chi connectivity index (χ3v) is 7.71. The number of alkyl halides is 6. The number of aliphatic hydroxyl groups is 3. The first-order valence-corrected chi connectivity index (χ1v) is 12.2. The van der Waals surface area contributed by atoms with Gasteiger partial charge in [0.1, 0.15) is 30.0 Å². The van der Waals surface area contributed by atoms with Crippen LogP contribution in [0, 0.1) is 5.92 Å². The van der Waals surface area contributed by atoms with E-state index in [1.807, 2.05) is 0 Å². The maximum absolute atomic E-state index is 13.5. The van der Waals surface area contributed by atoms with Gasteiger partial charge in [-0.25, -0.2) is 14.6 Å². The molecule has 1 aromatic rings. The first-order chi connectivity index (χ1) is 18.8. The predicted molar refractivity (Wildman–Crippen MR) is 121 cm³/mol. The second-order valence-corrected chi connectivity index (χ2v) is 10.5. The lowest BCUT2D eigenvalue weighted by molar-refractivity contribution is -0.438. The SMILES string of the molecule is CC1(O[C@@H]2O[C@H](C(=O)O)[C@@H](O)[C@H](O)[C@H]2O)C(=O)C[C@H]2C[C@@H]1OO[C@@]2(C)/C=C\c1ccc(C(F)(F)F)cc1C(F)(F)F. The monoisotopic (exact) mass is 600 g/mol. The van der Waals surface area contributed by atoms with Gasteiger partial charge in [0.15, 0.2) is 23.8 Å². The Kier molecular flexibility index (Phi) is 8.10. The molecule has 3 aliphatic rings. The Labute approximate surface area is 228 Å². The summed E-state index contributed by atoms with van der Waals surface area (Å²) >= 11 is 0. The summed E-state index contributed by atoms with van der Waals surface area (Å²) in [5, 5.41) is 39.4. The lowest BCUT2D eigenvalue weighted by Crippen LogP contribution is -2.66. The summed E-state index contributed by atoms with van der Waals surface area (Å²) in [7, 11) is 0. The minimum atomic E-state index is -5.11. The minimum Gasteiger partial charge on any atom is -0.479 e. The molecule has 10 nitrogen and oxygen atoms in total. The van der Waals surface area contributed by atoms with Gasteiger partial charge < -0.3 is 29.9 Å². The number of carboxylic acid groups (broad SMARTS) is 1. The summed E-state index contributed by atoms with van der Waals surface area (Å²) in [6, 6.07) is 1.17. The van der Waals surface area contributed by atoms with Crippen molar-refractivity contribution in [1.82, 2.24) is 0 Å². The van der Waals surface area contributed by atoms with E-state index in [-0.39, 0.29) is 18.9 Å². The van der Waals surface area contributed by atoms with Crippen LogP contribution in [-0.2, 0) is 41.2 Å². The molecule has 0 aromatic heterocycles. The van der Waals surface area contributed by atoms with Crippen molar-refractivity contribution in [3.8, 4) is 0 Å². The van der Waals surface area contributed by atoms with Gasteiger partial charge in [-0.3, -0.25) is 4.79 Å². The molecule has 41 heavy (non-hydrogen) atoms. The highest BCUT2D eigenvalue weighted by Gasteiger charge is 2.59. The molecular weight excluding hydrogens is 574 g/mol. The van der Waals surface area contributed by atoms with E-state index in [1.54, 1.807) is 0 Å². The molecule has 16 heteroatoms. The quantitative estimate of drug-likeness (QED) is 0.293. The molecular formula is C25H26F6O10. The van der Waals surface area contributed by atoms with E-state index in [9.17, 15) is 56.4 Å². The van der Waals surface area contributed by atoms with Crippen molar-refractivity contribution in [3.05, 3.63) is 41.0 Å². The van der Waals surface area contributed by atoms with Gasteiger partial charge in [-0.1, -0.05) is 12.1 Å². The minimum absolute atomic E-state index is 0.00419. The van der Waals surface area contributed by atoms with E-state index < -0.39 is 94.7 Å². The average Bonchev–Trinajstić information content (AvgIpc) is 2.87. The van der Waals surface area contributed by atoms with Crippen LogP contribution in [-0.4, -0.2) is 80.2 Å². The Balaban J connectivity index is 1.54. The van der Waals surface area contributed by atoms with E-state index in [2.05, 4.69) is 0 Å². The van der Waals surface area contributed by atoms with Crippen LogP contribution in [0.3, 0.4) is 0 Å². The number of benzene rings is 1. The van der Waals surface area contributed by atoms with E-state index >= 15 is 0 Å². The molecule has 1 aromatic carbocycles. The average molecular weight is 600 g/mol. The number of aliphatic carboxylic acids is 1. The Morgan fingerprint density at radius 3 is 2.29 bits per heavy atom. The van der Waals surface area contributed by atoms with Crippen molar-refractivity contribution in [2.75, 3.05) is 0 Å². The van der Waals surface area contributed by atoms with Crippen molar-refractivity contribution in [1.29, 1.82) is 0 Å². The molecule has 4 rings (SSSR count). The molecule has 9 atom stereocenters. The Hall–Kier alpha value is -2.60. The fourth-order valence-corrected chi connectivity index (χ4v) is 5.05. The Morgan fingerprint density at radius 2 is 1.71 bits per heavy atom. The van der Waals surface area contributed by atoms with Gasteiger partial charge in [0.05, 0.1) is 11.1 Å². The maximum Gasteiger partial charge on any atom is 0.417 e. The third kappa shape index (κ3) is 5.86. The summed E-state index contributed by atoms with van der Waals surface area (Å²) in [5.41, 5.74) is -7.00. The number of halogens is 6. The van der Waals surface area contributed by atoms with Crippen LogP contribution in [0.15, 0.2) is 24.3 Å². The summed E-state index contributed by atoms with van der Waals surface area (Å²) in [5.74, 6) is -3.02. The van der Waals surface area contributed by atoms with Gasteiger partial charge in [-0.15, -0.1) is 0 Å². The fourth-order valence-electron chi connectivity index (χ4n) is 5.05. The number of carboxylic acids is 1. The summed E-state index contributed by atoms with van der Waals surface area (Å²) in [6.07, 6.45) is -19.3. The van der Waals surface area contributed by atoms with Gasteiger partial charge in [0.2, 0.25) is 0 Å². The van der Waals surface area contributed by atoms with Gasteiger partial charge in [0.25, 0.3) is 0 Å². The molecule has 228 valence electrons. The van der Waals surface area contributed by atoms with Gasteiger partial charge in [-0.05, 0) is 44.0 Å². The number of carbonyl (C=O) groups excluding carboxylic acids is 1. The number of fused-ring (bicyclic) bond motifs is 2. The number of Topliss-reactive ketones (excluding diaryl/α,β-unsaturated/α-hetero) is 1. The molecule has 3 fully saturated rings. The molecule has 0 amide bonds. The fraction of sp³-hybridized carbons (Fsp3) is 0.600. The number of ketones is 1. The highest BCUT2D eigenvalue weighted by Crippen LogP contribution is 2.47. The van der Waals surface area contributed by atoms with Crippen LogP contribution in [0.5, 0.6) is 0 Å². The van der Waals surface area contributed by atoms with Crippen LogP contribution in [0.25, 0.3) is 6.08 Å². The molecule has 1 unspecified atom stereocenters. The Bertz CT molecular complexity index is 1220. The van der Waals surface area contributed by atoms with E-state index in [4.69, 9.17) is 19.2 Å². The molecule has 0 radical (unpaired) electrons. The van der Waals surface area contributed by atoms with Crippen LogP contribution in [0.2, 0.25) is 0 Å². The van der Waals surface area contributed by atoms with Crippen molar-refractivity contribution in [3.63, 3.8) is 0 Å². The maximum atomic E-state index is 13.5. The topological polar surface area (TPSA) is 152 Å². The zero-order valence-electron chi connectivity index (χ0n) is 21.3. The smallest absolute Gasteiger partial charge is 0.417 e. The molecule has 2 bridgehead atoms. The lowest BCUT2D eigenvalue weighted by atomic mass is 9.69. The number of aliphatic hydroxyl groups excluding tert-OH is 3. The zero-order chi connectivity index (χ0) is 30.7. The standard InChI is InChI=1S/C25H26F6O10/c1-22(6-5-10-3-4-11(24(26,27)28)7-13(10)25(29,30)31)12-8-14(32)23(2,15(9-12)40-41-22)39-21-18(35)16(33)17(34)19(38-21)20(36)37/h3-7,12,15-19,21,33-35H,8-9H2,1-2H3,(H,36,37)/b6-5-/t12-,15-,16-,17-,18+,19-,21-,22-,23?/m0/s1. The molecule has 1 saturated carbocycles. The molecule has 4 N–H and O–H groups in total. The molecule has 2 saturated heterocycles. The summed E-state index contributed by atoms with van der Waals surface area (Å²) < 4.78 is 90.3. The van der Waals surface area contributed by atoms with Crippen LogP contribution < -0.4 is 0 Å². The van der Waals surface area contributed by atoms with Crippen molar-refractivity contribution in [2.45, 2.75) is 87.1 Å². The van der Waals surface area contributed by atoms with Gasteiger partial charge in [-0.2, -0.15) is 26.3 Å². The summed E-state index contributed by atoms with van der Waals surface area (Å²) in [6.45, 7) is 2.65. The molecule has 1 aliphatic carbocycles. The lowest BCUT2D eigenvalue weighted by Gasteiger charge is -2.51. The third-order valence-electron chi connectivity index (χ3n) is 7.71. The zero-order valence-corrected chi connectivity index (χ0v) is 21.3. The van der Waals surface area contributed by atoms with Crippen LogP contribution >= 0.6 is 0 Å². The normalized spacial score (nSPS) is 38.3. The predicted octanol–water partition coefficient (Wildman–Crippen LogP) is 2.47. The van der Waals surface area contributed by atoms with Crippen molar-refractivity contribution >= 4 is 17.8 Å². The number of hydrogen-bond acceptors (Lipinski definition) is 9. The second kappa shape index (κ2) is 10.6. The highest BCUT2D eigenvalue weighted by molar-refractivity contribution is 5.89. The largest absolute Gasteiger partial charge is 0.479 e.